The van der Waals surface area contributed by atoms with Gasteiger partial charge in [-0.1, -0.05) is 18.2 Å². The number of para-hydroxylation sites is 1. The molecule has 5 nitrogen and oxygen atoms in total. The maximum Gasteiger partial charge on any atom is 0.309 e. The summed E-state index contributed by atoms with van der Waals surface area (Å²) >= 11 is 1.41. The molecule has 27 heavy (non-hydrogen) atoms. The number of esters is 1. The van der Waals surface area contributed by atoms with Crippen LogP contribution in [0.25, 0.3) is 0 Å². The largest absolute Gasteiger partial charge is 0.493 e. The molecule has 2 aromatic carbocycles. The van der Waals surface area contributed by atoms with E-state index in [-0.39, 0.29) is 38.0 Å². The lowest BCUT2D eigenvalue weighted by Crippen LogP contribution is -2.10. The Morgan fingerprint density at radius 3 is 2.48 bits per heavy atom. The van der Waals surface area contributed by atoms with E-state index in [0.29, 0.717) is 11.4 Å². The van der Waals surface area contributed by atoms with E-state index in [1.54, 1.807) is 12.1 Å². The van der Waals surface area contributed by atoms with E-state index in [1.807, 2.05) is 35.7 Å². The summed E-state index contributed by atoms with van der Waals surface area (Å²) in [5.74, 6) is 0.631. The number of hydrogen-bond acceptors (Lipinski definition) is 6. The monoisotopic (exact) mass is 387 g/mol. The number of aromatic nitrogens is 1. The van der Waals surface area contributed by atoms with Crippen LogP contribution in [0.3, 0.4) is 0 Å². The molecule has 0 aliphatic rings. The zero-order chi connectivity index (χ0) is 18.9. The summed E-state index contributed by atoms with van der Waals surface area (Å²) in [6, 6.07) is 15.1. The van der Waals surface area contributed by atoms with E-state index < -0.39 is 0 Å². The molecule has 0 N–H and O–H groups in total. The second-order valence-electron chi connectivity index (χ2n) is 5.55. The Morgan fingerprint density at radius 2 is 1.70 bits per heavy atom. The molecule has 0 saturated carbocycles. The topological polar surface area (TPSA) is 57.7 Å². The third kappa shape index (κ3) is 6.38. The zero-order valence-corrected chi connectivity index (χ0v) is 15.3. The van der Waals surface area contributed by atoms with Crippen molar-refractivity contribution in [1.82, 2.24) is 4.98 Å². The van der Waals surface area contributed by atoms with Crippen molar-refractivity contribution in [2.75, 3.05) is 6.61 Å². The fourth-order valence-corrected chi connectivity index (χ4v) is 2.84. The summed E-state index contributed by atoms with van der Waals surface area (Å²) < 4.78 is 29.0. The van der Waals surface area contributed by atoms with Crippen molar-refractivity contribution in [1.29, 1.82) is 0 Å². The summed E-state index contributed by atoms with van der Waals surface area (Å²) in [7, 11) is 0. The molecular formula is C20H18FNO4S. The SMILES string of the molecule is O=C(CCOc1ccccc1)OCc1csc(COc2ccc(F)cc2)n1. The number of rotatable bonds is 9. The zero-order valence-electron chi connectivity index (χ0n) is 14.5. The first-order valence-electron chi connectivity index (χ1n) is 8.34. The van der Waals surface area contributed by atoms with Crippen molar-refractivity contribution in [3.8, 4) is 11.5 Å². The quantitative estimate of drug-likeness (QED) is 0.510. The van der Waals surface area contributed by atoms with Crippen LogP contribution in [0.1, 0.15) is 17.1 Å². The highest BCUT2D eigenvalue weighted by molar-refractivity contribution is 7.09. The summed E-state index contributed by atoms with van der Waals surface area (Å²) in [5.41, 5.74) is 0.662. The van der Waals surface area contributed by atoms with Gasteiger partial charge in [0.2, 0.25) is 0 Å². The predicted molar refractivity (Wildman–Crippen MR) is 99.2 cm³/mol. The molecule has 1 aromatic heterocycles. The standard InChI is InChI=1S/C20H18FNO4S/c21-15-6-8-18(9-7-15)25-13-19-22-16(14-27-19)12-26-20(23)10-11-24-17-4-2-1-3-5-17/h1-9,14H,10-13H2. The number of ether oxygens (including phenoxy) is 3. The van der Waals surface area contributed by atoms with Gasteiger partial charge in [-0.25, -0.2) is 9.37 Å². The van der Waals surface area contributed by atoms with Gasteiger partial charge in [0.25, 0.3) is 0 Å². The molecule has 0 radical (unpaired) electrons. The maximum atomic E-state index is 12.9. The molecule has 7 heteroatoms. The molecule has 0 amide bonds. The lowest BCUT2D eigenvalue weighted by atomic mass is 10.3. The fourth-order valence-electron chi connectivity index (χ4n) is 2.15. The minimum Gasteiger partial charge on any atom is -0.493 e. The molecule has 0 fully saturated rings. The number of benzene rings is 2. The highest BCUT2D eigenvalue weighted by Crippen LogP contribution is 2.16. The molecule has 0 aliphatic heterocycles. The smallest absolute Gasteiger partial charge is 0.309 e. The van der Waals surface area contributed by atoms with Crippen LogP contribution in [0.15, 0.2) is 60.0 Å². The predicted octanol–water partition coefficient (Wildman–Crippen LogP) is 4.37. The summed E-state index contributed by atoms with van der Waals surface area (Å²) in [6.45, 7) is 0.642. The van der Waals surface area contributed by atoms with Crippen LogP contribution in [-0.2, 0) is 22.7 Å². The van der Waals surface area contributed by atoms with Crippen LogP contribution >= 0.6 is 11.3 Å². The van der Waals surface area contributed by atoms with Gasteiger partial charge in [0.05, 0.1) is 18.7 Å². The second-order valence-corrected chi connectivity index (χ2v) is 6.49. The minimum atomic E-state index is -0.344. The van der Waals surface area contributed by atoms with Crippen molar-refractivity contribution in [3.63, 3.8) is 0 Å². The van der Waals surface area contributed by atoms with Gasteiger partial charge in [-0.15, -0.1) is 11.3 Å². The van der Waals surface area contributed by atoms with E-state index in [2.05, 4.69) is 4.98 Å². The summed E-state index contributed by atoms with van der Waals surface area (Å²) in [6.07, 6.45) is 0.166. The lowest BCUT2D eigenvalue weighted by molar-refractivity contribution is -0.145. The second kappa shape index (κ2) is 9.68. The van der Waals surface area contributed by atoms with Gasteiger partial charge in [0, 0.05) is 5.38 Å². The van der Waals surface area contributed by atoms with Crippen molar-refractivity contribution >= 4 is 17.3 Å². The van der Waals surface area contributed by atoms with Crippen LogP contribution < -0.4 is 9.47 Å². The van der Waals surface area contributed by atoms with Gasteiger partial charge < -0.3 is 14.2 Å². The van der Waals surface area contributed by atoms with E-state index in [4.69, 9.17) is 14.2 Å². The Hall–Kier alpha value is -2.93. The van der Waals surface area contributed by atoms with E-state index in [9.17, 15) is 9.18 Å². The Kier molecular flexibility index (Phi) is 6.76. The third-order valence-electron chi connectivity index (χ3n) is 3.47. The van der Waals surface area contributed by atoms with Gasteiger partial charge in [-0.3, -0.25) is 4.79 Å². The van der Waals surface area contributed by atoms with Gasteiger partial charge in [-0.2, -0.15) is 0 Å². The first kappa shape index (κ1) is 18.8. The van der Waals surface area contributed by atoms with E-state index in [1.165, 1.54) is 23.5 Å². The molecule has 3 rings (SSSR count). The highest BCUT2D eigenvalue weighted by atomic mass is 32.1. The average molecular weight is 387 g/mol. The van der Waals surface area contributed by atoms with Crippen LogP contribution in [0.5, 0.6) is 11.5 Å². The molecule has 0 aliphatic carbocycles. The molecule has 0 unspecified atom stereocenters. The number of thiazole rings is 1. The van der Waals surface area contributed by atoms with E-state index in [0.717, 1.165) is 10.8 Å². The Morgan fingerprint density at radius 1 is 0.963 bits per heavy atom. The molecule has 0 bridgehead atoms. The van der Waals surface area contributed by atoms with Crippen LogP contribution in [0.4, 0.5) is 4.39 Å². The molecular weight excluding hydrogens is 369 g/mol. The number of carbonyl (C=O) groups is 1. The van der Waals surface area contributed by atoms with Crippen molar-refractivity contribution in [2.24, 2.45) is 0 Å². The minimum absolute atomic E-state index is 0.108. The first-order chi connectivity index (χ1) is 13.2. The van der Waals surface area contributed by atoms with Gasteiger partial charge in [0.15, 0.2) is 0 Å². The third-order valence-corrected chi connectivity index (χ3v) is 4.35. The van der Waals surface area contributed by atoms with Crippen molar-refractivity contribution in [3.05, 3.63) is 76.5 Å². The fraction of sp³-hybridized carbons (Fsp3) is 0.200. The van der Waals surface area contributed by atoms with Gasteiger partial charge >= 0.3 is 5.97 Å². The van der Waals surface area contributed by atoms with Crippen LogP contribution in [0.2, 0.25) is 0 Å². The van der Waals surface area contributed by atoms with Gasteiger partial charge in [0.1, 0.15) is 35.5 Å². The average Bonchev–Trinajstić information content (AvgIpc) is 3.15. The highest BCUT2D eigenvalue weighted by Gasteiger charge is 2.08. The Bertz CT molecular complexity index is 852. The van der Waals surface area contributed by atoms with Crippen molar-refractivity contribution in [2.45, 2.75) is 19.6 Å². The number of hydrogen-bond donors (Lipinski definition) is 0. The van der Waals surface area contributed by atoms with E-state index >= 15 is 0 Å². The first-order valence-corrected chi connectivity index (χ1v) is 9.22. The molecule has 140 valence electrons. The molecule has 1 heterocycles. The molecule has 3 aromatic rings. The van der Waals surface area contributed by atoms with Crippen LogP contribution in [-0.4, -0.2) is 17.6 Å². The van der Waals surface area contributed by atoms with Gasteiger partial charge in [-0.05, 0) is 36.4 Å². The van der Waals surface area contributed by atoms with Crippen molar-refractivity contribution < 1.29 is 23.4 Å². The normalized spacial score (nSPS) is 10.4. The lowest BCUT2D eigenvalue weighted by Gasteiger charge is -2.06. The number of halogens is 1. The Balaban J connectivity index is 1.36. The van der Waals surface area contributed by atoms with Crippen LogP contribution in [0, 0.1) is 5.82 Å². The summed E-state index contributed by atoms with van der Waals surface area (Å²) in [4.78, 5) is 16.1. The molecule has 0 atom stereocenters. The molecule has 0 saturated heterocycles. The summed E-state index contributed by atoms with van der Waals surface area (Å²) in [5, 5.41) is 2.56. The number of nitrogens with zero attached hydrogens (tertiary/aromatic N) is 1. The Labute approximate surface area is 160 Å². The molecule has 0 spiro atoms. The maximum absolute atomic E-state index is 12.9. The number of carbonyl (C=O) groups excluding carboxylic acids is 1.